The van der Waals surface area contributed by atoms with Crippen LogP contribution < -0.4 is 21.3 Å². The van der Waals surface area contributed by atoms with Crippen LogP contribution in [0, 0.1) is 5.92 Å². The van der Waals surface area contributed by atoms with E-state index in [0.717, 1.165) is 32.4 Å². The number of aliphatic hydroxyl groups is 1. The Bertz CT molecular complexity index is 1250. The molecule has 0 aromatic heterocycles. The van der Waals surface area contributed by atoms with Crippen LogP contribution in [-0.2, 0) is 43.2 Å². The van der Waals surface area contributed by atoms with Crippen molar-refractivity contribution < 1.29 is 48.3 Å². The summed E-state index contributed by atoms with van der Waals surface area (Å²) in [6.45, 7) is 6.87. The van der Waals surface area contributed by atoms with Crippen molar-refractivity contribution in [3.8, 4) is 0 Å². The number of nitrogens with one attached hydrogen (secondary N) is 4. The molecule has 0 rings (SSSR count). The minimum atomic E-state index is -0.991. The lowest BCUT2D eigenvalue weighted by Crippen LogP contribution is -2.54. The number of nitrogens with zero attached hydrogens (tertiary/aromatic N) is 4. The average molecular weight is 741 g/mol. The number of rotatable bonds is 24. The molecule has 0 fully saturated rings. The third kappa shape index (κ3) is 18.1. The van der Waals surface area contributed by atoms with Crippen LogP contribution in [0.1, 0.15) is 73.1 Å². The van der Waals surface area contributed by atoms with Crippen LogP contribution in [0.5, 0.6) is 0 Å². The number of hydrogen-bond acceptors (Lipinski definition) is 10. The van der Waals surface area contributed by atoms with E-state index in [9.17, 15) is 48.3 Å². The average Bonchev–Trinajstić information content (AvgIpc) is 3.08. The fourth-order valence-electron chi connectivity index (χ4n) is 4.91. The SMILES string of the molecule is CCCCC(O)CC(=O)NC(CC)C(=O)N(C)CC(=O)N(C)CC(=O)NCC(=O)N(C)C(CC(C)C)C(=O)NCC(=O)NC(C)C(=O)N(C)CC=O. The highest BCUT2D eigenvalue weighted by Crippen LogP contribution is 2.11. The van der Waals surface area contributed by atoms with Crippen LogP contribution in [0.25, 0.3) is 0 Å². The summed E-state index contributed by atoms with van der Waals surface area (Å²) in [5.74, 6) is -4.64. The van der Waals surface area contributed by atoms with Gasteiger partial charge in [-0.25, -0.2) is 0 Å². The van der Waals surface area contributed by atoms with Crippen LogP contribution in [0.4, 0.5) is 0 Å². The number of carbonyl (C=O) groups is 9. The van der Waals surface area contributed by atoms with Crippen molar-refractivity contribution in [2.24, 2.45) is 5.92 Å². The van der Waals surface area contributed by atoms with Gasteiger partial charge in [-0.3, -0.25) is 38.4 Å². The highest BCUT2D eigenvalue weighted by atomic mass is 16.3. The quantitative estimate of drug-likeness (QED) is 0.0684. The molecule has 0 aromatic carbocycles. The first-order valence-corrected chi connectivity index (χ1v) is 17.5. The molecule has 0 heterocycles. The van der Waals surface area contributed by atoms with Crippen LogP contribution in [-0.4, -0.2) is 163 Å². The van der Waals surface area contributed by atoms with E-state index in [-0.39, 0.29) is 38.3 Å². The van der Waals surface area contributed by atoms with E-state index in [1.54, 1.807) is 6.92 Å². The summed E-state index contributed by atoms with van der Waals surface area (Å²) < 4.78 is 0. The van der Waals surface area contributed by atoms with E-state index >= 15 is 0 Å². The normalized spacial score (nSPS) is 13.1. The van der Waals surface area contributed by atoms with Gasteiger partial charge in [-0.05, 0) is 32.1 Å². The molecule has 4 unspecified atom stereocenters. The highest BCUT2D eigenvalue weighted by Gasteiger charge is 2.29. The molecule has 0 saturated heterocycles. The van der Waals surface area contributed by atoms with Crippen LogP contribution >= 0.6 is 0 Å². The number of amides is 8. The Kier molecular flexibility index (Phi) is 22.4. The minimum Gasteiger partial charge on any atom is -0.393 e. The van der Waals surface area contributed by atoms with Crippen LogP contribution in [0.2, 0.25) is 0 Å². The minimum absolute atomic E-state index is 0.0302. The monoisotopic (exact) mass is 740 g/mol. The number of unbranched alkanes of at least 4 members (excludes halogenated alkanes) is 1. The van der Waals surface area contributed by atoms with E-state index in [0.29, 0.717) is 12.7 Å². The first-order valence-electron chi connectivity index (χ1n) is 17.5. The second-order valence-corrected chi connectivity index (χ2v) is 13.3. The maximum absolute atomic E-state index is 13.0. The van der Waals surface area contributed by atoms with Crippen molar-refractivity contribution in [2.45, 2.75) is 97.4 Å². The van der Waals surface area contributed by atoms with Gasteiger partial charge >= 0.3 is 0 Å². The summed E-state index contributed by atoms with van der Waals surface area (Å²) in [5.41, 5.74) is 0. The zero-order chi connectivity index (χ0) is 40.1. The van der Waals surface area contributed by atoms with Gasteiger partial charge in [-0.15, -0.1) is 0 Å². The molecule has 0 aromatic rings. The Morgan fingerprint density at radius 3 is 1.92 bits per heavy atom. The zero-order valence-corrected chi connectivity index (χ0v) is 32.2. The van der Waals surface area contributed by atoms with Crippen molar-refractivity contribution in [3.63, 3.8) is 0 Å². The third-order valence-corrected chi connectivity index (χ3v) is 8.10. The van der Waals surface area contributed by atoms with Crippen molar-refractivity contribution in [3.05, 3.63) is 0 Å². The molecule has 0 aliphatic rings. The van der Waals surface area contributed by atoms with Crippen molar-refractivity contribution >= 4 is 53.5 Å². The molecule has 0 spiro atoms. The van der Waals surface area contributed by atoms with Gasteiger partial charge in [0, 0.05) is 28.2 Å². The molecule has 0 aliphatic heterocycles. The first kappa shape index (κ1) is 47.4. The molecule has 5 N–H and O–H groups in total. The van der Waals surface area contributed by atoms with Gasteiger partial charge in [-0.1, -0.05) is 40.5 Å². The maximum Gasteiger partial charge on any atom is 0.245 e. The predicted molar refractivity (Wildman–Crippen MR) is 191 cm³/mol. The van der Waals surface area contributed by atoms with E-state index < -0.39 is 91.1 Å². The van der Waals surface area contributed by atoms with Crippen LogP contribution in [0.3, 0.4) is 0 Å². The second kappa shape index (κ2) is 24.6. The summed E-state index contributed by atoms with van der Waals surface area (Å²) in [6.07, 6.45) is 2.21. The third-order valence-electron chi connectivity index (χ3n) is 8.10. The molecule has 0 radical (unpaired) electrons. The molecule has 296 valence electrons. The smallest absolute Gasteiger partial charge is 0.245 e. The largest absolute Gasteiger partial charge is 0.393 e. The second-order valence-electron chi connectivity index (χ2n) is 13.3. The van der Waals surface area contributed by atoms with Gasteiger partial charge in [0.25, 0.3) is 0 Å². The van der Waals surface area contributed by atoms with Crippen molar-refractivity contribution in [1.29, 1.82) is 0 Å². The number of aliphatic hydroxyl groups excluding tert-OH is 1. The number of hydrogen-bond donors (Lipinski definition) is 5. The Morgan fingerprint density at radius 1 is 0.731 bits per heavy atom. The number of carbonyl (C=O) groups excluding carboxylic acids is 9. The lowest BCUT2D eigenvalue weighted by Gasteiger charge is -2.29. The van der Waals surface area contributed by atoms with Gasteiger partial charge < -0.3 is 50.8 Å². The van der Waals surface area contributed by atoms with Gasteiger partial charge in [-0.2, -0.15) is 0 Å². The first-order chi connectivity index (χ1) is 24.3. The molecule has 4 atom stereocenters. The molecule has 0 bridgehead atoms. The Morgan fingerprint density at radius 2 is 1.37 bits per heavy atom. The topological polar surface area (TPSA) is 235 Å². The number of aldehydes is 1. The van der Waals surface area contributed by atoms with Crippen molar-refractivity contribution in [1.82, 2.24) is 40.9 Å². The lowest BCUT2D eigenvalue weighted by molar-refractivity contribution is -0.142. The lowest BCUT2D eigenvalue weighted by atomic mass is 10.0. The highest BCUT2D eigenvalue weighted by molar-refractivity contribution is 5.94. The summed E-state index contributed by atoms with van der Waals surface area (Å²) in [4.78, 5) is 116. The van der Waals surface area contributed by atoms with Crippen LogP contribution in [0.15, 0.2) is 0 Å². The molecular formula is C34H60N8O10. The van der Waals surface area contributed by atoms with E-state index in [4.69, 9.17) is 0 Å². The Labute approximate surface area is 306 Å². The molecule has 0 aliphatic carbocycles. The van der Waals surface area contributed by atoms with Crippen molar-refractivity contribution in [2.75, 3.05) is 60.9 Å². The van der Waals surface area contributed by atoms with Gasteiger partial charge in [0.15, 0.2) is 0 Å². The maximum atomic E-state index is 13.0. The van der Waals surface area contributed by atoms with E-state index in [2.05, 4.69) is 21.3 Å². The fourth-order valence-corrected chi connectivity index (χ4v) is 4.91. The van der Waals surface area contributed by atoms with Gasteiger partial charge in [0.1, 0.15) is 24.4 Å². The Hall–Kier alpha value is -4.61. The predicted octanol–water partition coefficient (Wildman–Crippen LogP) is -1.99. The molecule has 18 nitrogen and oxygen atoms in total. The number of likely N-dealkylation sites (N-methyl/N-ethyl adjacent to an activating group) is 4. The van der Waals surface area contributed by atoms with Gasteiger partial charge in [0.05, 0.1) is 45.2 Å². The van der Waals surface area contributed by atoms with E-state index in [1.165, 1.54) is 35.1 Å². The summed E-state index contributed by atoms with van der Waals surface area (Å²) in [7, 11) is 5.53. The van der Waals surface area contributed by atoms with E-state index in [1.807, 2.05) is 20.8 Å². The standard InChI is InChI=1S/C34H60N8O10/c1-10-12-13-24(44)17-27(45)38-25(11-2)34(52)41(8)21-31(49)40(7)20-29(47)35-19-30(48)42(9)26(16-22(3)4)32(50)36-18-28(46)37-23(5)33(51)39(6)14-15-43/h15,22-26,44H,10-14,16-21H2,1-9H3,(H,35,47)(H,36,50)(H,37,46)(H,38,45). The summed E-state index contributed by atoms with van der Waals surface area (Å²) >= 11 is 0. The summed E-state index contributed by atoms with van der Waals surface area (Å²) in [6, 6.07) is -2.84. The summed E-state index contributed by atoms with van der Waals surface area (Å²) in [5, 5.41) is 19.9. The fraction of sp³-hybridized carbons (Fsp3) is 0.735. The molecule has 52 heavy (non-hydrogen) atoms. The molecular weight excluding hydrogens is 680 g/mol. The Balaban J connectivity index is 5.05. The molecule has 0 saturated carbocycles. The molecule has 8 amide bonds. The zero-order valence-electron chi connectivity index (χ0n) is 32.2. The van der Waals surface area contributed by atoms with Gasteiger partial charge in [0.2, 0.25) is 47.3 Å². The molecule has 18 heteroatoms.